The fraction of sp³-hybridized carbons (Fsp3) is 0.565. The molecule has 1 unspecified atom stereocenters. The fourth-order valence-electron chi connectivity index (χ4n) is 5.72. The fourth-order valence-corrected chi connectivity index (χ4v) is 5.72. The van der Waals surface area contributed by atoms with Crippen LogP contribution in [-0.4, -0.2) is 48.0 Å². The van der Waals surface area contributed by atoms with E-state index < -0.39 is 0 Å². The predicted molar refractivity (Wildman–Crippen MR) is 109 cm³/mol. The minimum Gasteiger partial charge on any atom is -0.469 e. The number of Topliss-reactive ketones (excluding diaryl/α,β-unsaturated/α-hetero) is 1. The zero-order valence-corrected chi connectivity index (χ0v) is 17.3. The van der Waals surface area contributed by atoms with Crippen molar-refractivity contribution in [2.75, 3.05) is 20.7 Å². The van der Waals surface area contributed by atoms with Crippen molar-refractivity contribution in [2.24, 2.45) is 17.8 Å². The second kappa shape index (κ2) is 7.36. The van der Waals surface area contributed by atoms with E-state index in [0.29, 0.717) is 18.8 Å². The maximum absolute atomic E-state index is 13.5. The van der Waals surface area contributed by atoms with E-state index in [1.807, 2.05) is 12.1 Å². The van der Waals surface area contributed by atoms with Gasteiger partial charge >= 0.3 is 5.97 Å². The SMILES string of the molecule is CC[C@@H]1CN(C)[C@H]2Cc3c(n(CC)c4ccccc34)C(=O)C[C@H]1C2C(=O)OC. The van der Waals surface area contributed by atoms with Crippen LogP contribution >= 0.6 is 0 Å². The van der Waals surface area contributed by atoms with Crippen LogP contribution in [0.3, 0.4) is 0 Å². The number of aryl methyl sites for hydroxylation is 1. The number of carbonyl (C=O) groups is 2. The Kier molecular flexibility index (Phi) is 5.04. The molecule has 2 aromatic rings. The topological polar surface area (TPSA) is 51.5 Å². The van der Waals surface area contributed by atoms with Crippen molar-refractivity contribution < 1.29 is 14.3 Å². The molecular formula is C23H30N2O3. The Bertz CT molecular complexity index is 916. The lowest BCUT2D eigenvalue weighted by atomic mass is 9.67. The van der Waals surface area contributed by atoms with Crippen LogP contribution in [0.2, 0.25) is 0 Å². The Morgan fingerprint density at radius 2 is 1.96 bits per heavy atom. The highest BCUT2D eigenvalue weighted by molar-refractivity contribution is 6.03. The van der Waals surface area contributed by atoms with Gasteiger partial charge in [0, 0.05) is 36.5 Å². The summed E-state index contributed by atoms with van der Waals surface area (Å²) in [6.45, 7) is 5.95. The number of aromatic nitrogens is 1. The van der Waals surface area contributed by atoms with E-state index >= 15 is 0 Å². The Hall–Kier alpha value is -2.14. The monoisotopic (exact) mass is 382 g/mol. The van der Waals surface area contributed by atoms with E-state index in [2.05, 4.69) is 42.5 Å². The molecule has 5 nitrogen and oxygen atoms in total. The molecule has 1 aromatic heterocycles. The summed E-state index contributed by atoms with van der Waals surface area (Å²) >= 11 is 0. The summed E-state index contributed by atoms with van der Waals surface area (Å²) in [6.07, 6.45) is 2.09. The molecule has 0 radical (unpaired) electrons. The first-order valence-corrected chi connectivity index (χ1v) is 10.4. The van der Waals surface area contributed by atoms with Gasteiger partial charge in [0.25, 0.3) is 0 Å². The Morgan fingerprint density at radius 3 is 2.64 bits per heavy atom. The number of ketones is 1. The van der Waals surface area contributed by atoms with Crippen LogP contribution in [0.15, 0.2) is 24.3 Å². The van der Waals surface area contributed by atoms with Gasteiger partial charge in [-0.2, -0.15) is 0 Å². The van der Waals surface area contributed by atoms with Gasteiger partial charge in [0.2, 0.25) is 0 Å². The van der Waals surface area contributed by atoms with Gasteiger partial charge < -0.3 is 14.2 Å². The number of nitrogens with zero attached hydrogens (tertiary/aromatic N) is 2. The van der Waals surface area contributed by atoms with Gasteiger partial charge in [0.1, 0.15) is 0 Å². The average molecular weight is 383 g/mol. The van der Waals surface area contributed by atoms with Crippen LogP contribution in [0.1, 0.15) is 42.7 Å². The molecule has 5 heteroatoms. The summed E-state index contributed by atoms with van der Waals surface area (Å²) in [5.74, 6) is 0.122. The zero-order valence-electron chi connectivity index (χ0n) is 17.3. The normalized spacial score (nSPS) is 27.9. The average Bonchev–Trinajstić information content (AvgIpc) is 3.01. The van der Waals surface area contributed by atoms with Crippen molar-refractivity contribution in [3.63, 3.8) is 0 Å². The summed E-state index contributed by atoms with van der Waals surface area (Å²) in [7, 11) is 3.58. The number of likely N-dealkylation sites (N-methyl/N-ethyl adjacent to an activating group) is 1. The molecule has 0 saturated carbocycles. The minimum atomic E-state index is -0.255. The molecule has 1 aromatic carbocycles. The van der Waals surface area contributed by atoms with Gasteiger partial charge in [-0.25, -0.2) is 0 Å². The van der Waals surface area contributed by atoms with Crippen molar-refractivity contribution in [1.29, 1.82) is 0 Å². The molecule has 0 amide bonds. The molecule has 4 rings (SSSR count). The van der Waals surface area contributed by atoms with Crippen molar-refractivity contribution >= 4 is 22.7 Å². The highest BCUT2D eigenvalue weighted by Crippen LogP contribution is 2.43. The number of rotatable bonds is 3. The predicted octanol–water partition coefficient (Wildman–Crippen LogP) is 3.54. The molecule has 1 saturated heterocycles. The van der Waals surface area contributed by atoms with Gasteiger partial charge in [0.15, 0.2) is 5.78 Å². The second-order valence-corrected chi connectivity index (χ2v) is 8.31. The molecule has 2 aliphatic rings. The quantitative estimate of drug-likeness (QED) is 0.762. The summed E-state index contributed by atoms with van der Waals surface area (Å²) in [5.41, 5.74) is 3.07. The van der Waals surface area contributed by atoms with Gasteiger partial charge in [0.05, 0.1) is 18.7 Å². The van der Waals surface area contributed by atoms with E-state index in [1.54, 1.807) is 0 Å². The molecule has 28 heavy (non-hydrogen) atoms. The van der Waals surface area contributed by atoms with Gasteiger partial charge in [-0.1, -0.05) is 31.5 Å². The van der Waals surface area contributed by atoms with Crippen LogP contribution in [0.5, 0.6) is 0 Å². The highest BCUT2D eigenvalue weighted by atomic mass is 16.5. The standard InChI is InChI=1S/C23H30N2O3/c1-5-14-13-24(3)19-11-17-15-9-7-8-10-18(15)25(6-2)22(17)20(26)12-16(14)21(19)23(27)28-4/h7-10,14,16,19,21H,5-6,11-13H2,1-4H3/t14-,16-,19+,21?/m1/s1. The molecule has 1 aliphatic carbocycles. The second-order valence-electron chi connectivity index (χ2n) is 8.31. The lowest BCUT2D eigenvalue weighted by molar-refractivity contribution is -0.154. The molecule has 2 heterocycles. The lowest BCUT2D eigenvalue weighted by Crippen LogP contribution is -2.56. The maximum atomic E-state index is 13.5. The van der Waals surface area contributed by atoms with Crippen molar-refractivity contribution in [3.8, 4) is 0 Å². The Morgan fingerprint density at radius 1 is 1.21 bits per heavy atom. The number of carbonyl (C=O) groups excluding carboxylic acids is 2. The Balaban J connectivity index is 1.93. The van der Waals surface area contributed by atoms with E-state index in [0.717, 1.165) is 41.7 Å². The molecule has 0 N–H and O–H groups in total. The smallest absolute Gasteiger partial charge is 0.310 e. The zero-order chi connectivity index (χ0) is 20.0. The van der Waals surface area contributed by atoms with Crippen molar-refractivity contribution in [2.45, 2.75) is 45.7 Å². The molecule has 1 aliphatic heterocycles. The first-order chi connectivity index (χ1) is 13.5. The lowest BCUT2D eigenvalue weighted by Gasteiger charge is -2.48. The molecular weight excluding hydrogens is 352 g/mol. The van der Waals surface area contributed by atoms with Crippen LogP contribution in [0.25, 0.3) is 10.9 Å². The number of hydrogen-bond acceptors (Lipinski definition) is 4. The van der Waals surface area contributed by atoms with Gasteiger partial charge in [-0.05, 0) is 43.9 Å². The number of esters is 1. The number of fused-ring (bicyclic) bond motifs is 5. The highest BCUT2D eigenvalue weighted by Gasteiger charge is 2.48. The van der Waals surface area contributed by atoms with Crippen molar-refractivity contribution in [1.82, 2.24) is 9.47 Å². The first kappa shape index (κ1) is 19.2. The van der Waals surface area contributed by atoms with E-state index in [9.17, 15) is 9.59 Å². The van der Waals surface area contributed by atoms with Crippen LogP contribution in [-0.2, 0) is 22.5 Å². The van der Waals surface area contributed by atoms with E-state index in [1.165, 1.54) is 7.11 Å². The van der Waals surface area contributed by atoms with Gasteiger partial charge in [-0.15, -0.1) is 0 Å². The third-order valence-electron chi connectivity index (χ3n) is 7.06. The molecule has 2 bridgehead atoms. The molecule has 150 valence electrons. The number of likely N-dealkylation sites (tertiary alicyclic amines) is 1. The first-order valence-electron chi connectivity index (χ1n) is 10.4. The van der Waals surface area contributed by atoms with Crippen LogP contribution in [0, 0.1) is 17.8 Å². The molecule has 1 fully saturated rings. The third-order valence-corrected chi connectivity index (χ3v) is 7.06. The number of ether oxygens (including phenoxy) is 1. The largest absolute Gasteiger partial charge is 0.469 e. The van der Waals surface area contributed by atoms with E-state index in [-0.39, 0.29) is 29.6 Å². The van der Waals surface area contributed by atoms with Crippen LogP contribution in [0.4, 0.5) is 0 Å². The molecule has 4 atom stereocenters. The summed E-state index contributed by atoms with van der Waals surface area (Å²) < 4.78 is 7.39. The van der Waals surface area contributed by atoms with Crippen molar-refractivity contribution in [3.05, 3.63) is 35.5 Å². The summed E-state index contributed by atoms with van der Waals surface area (Å²) in [6, 6.07) is 8.32. The number of methoxy groups -OCH3 is 1. The van der Waals surface area contributed by atoms with E-state index in [4.69, 9.17) is 4.74 Å². The number of para-hydroxylation sites is 1. The number of hydrogen-bond donors (Lipinski definition) is 0. The summed E-state index contributed by atoms with van der Waals surface area (Å²) in [5, 5.41) is 1.14. The van der Waals surface area contributed by atoms with Gasteiger partial charge in [-0.3, -0.25) is 9.59 Å². The Labute approximate surface area is 166 Å². The number of benzene rings is 1. The third kappa shape index (κ3) is 2.79. The number of piperidine rings is 1. The minimum absolute atomic E-state index is 0.0441. The summed E-state index contributed by atoms with van der Waals surface area (Å²) in [4.78, 5) is 28.7. The molecule has 0 spiro atoms. The van der Waals surface area contributed by atoms with Crippen LogP contribution < -0.4 is 0 Å². The maximum Gasteiger partial charge on any atom is 0.310 e.